The predicted octanol–water partition coefficient (Wildman–Crippen LogP) is 3.45. The van der Waals surface area contributed by atoms with E-state index >= 15 is 0 Å². The number of amides is 2. The molecule has 0 N–H and O–H groups in total. The average molecular weight is 291 g/mol. The Balaban J connectivity index is 2.28. The van der Waals surface area contributed by atoms with Crippen LogP contribution in [0.2, 0.25) is 0 Å². The van der Waals surface area contributed by atoms with E-state index in [-0.39, 0.29) is 11.1 Å². The smallest absolute Gasteiger partial charge is 0.293 e. The van der Waals surface area contributed by atoms with Gasteiger partial charge in [0.05, 0.1) is 12.0 Å². The van der Waals surface area contributed by atoms with Crippen molar-refractivity contribution in [3.8, 4) is 5.75 Å². The van der Waals surface area contributed by atoms with Crippen LogP contribution in [0.15, 0.2) is 23.1 Å². The maximum Gasteiger partial charge on any atom is 0.293 e. The van der Waals surface area contributed by atoms with Crippen LogP contribution in [-0.4, -0.2) is 29.7 Å². The number of thioether (sulfide) groups is 1. The minimum absolute atomic E-state index is 0.186. The van der Waals surface area contributed by atoms with Crippen LogP contribution in [0.5, 0.6) is 5.75 Å². The minimum Gasteiger partial charge on any atom is -0.497 e. The van der Waals surface area contributed by atoms with Crippen molar-refractivity contribution < 1.29 is 14.3 Å². The molecule has 0 atom stereocenters. The number of methoxy groups -OCH3 is 1. The summed E-state index contributed by atoms with van der Waals surface area (Å²) < 4.78 is 5.15. The van der Waals surface area contributed by atoms with Crippen molar-refractivity contribution >= 4 is 29.0 Å². The molecule has 1 aromatic carbocycles. The summed E-state index contributed by atoms with van der Waals surface area (Å²) in [6, 6.07) is 5.64. The molecule has 1 fully saturated rings. The Morgan fingerprint density at radius 1 is 1.35 bits per heavy atom. The van der Waals surface area contributed by atoms with E-state index in [9.17, 15) is 9.59 Å². The van der Waals surface area contributed by atoms with Crippen molar-refractivity contribution in [1.29, 1.82) is 0 Å². The first kappa shape index (κ1) is 14.7. The third-order valence-corrected chi connectivity index (χ3v) is 3.99. The third kappa shape index (κ3) is 2.88. The van der Waals surface area contributed by atoms with Gasteiger partial charge in [-0.2, -0.15) is 0 Å². The number of carbonyl (C=O) groups is 2. The number of ether oxygens (including phenoxy) is 1. The molecule has 2 amide bonds. The normalized spacial score (nSPS) is 17.1. The fourth-order valence-corrected chi connectivity index (χ4v) is 2.85. The molecule has 0 aromatic heterocycles. The molecule has 20 heavy (non-hydrogen) atoms. The molecule has 2 rings (SSSR count). The molecule has 5 heteroatoms. The summed E-state index contributed by atoms with van der Waals surface area (Å²) in [7, 11) is 1.62. The van der Waals surface area contributed by atoms with Gasteiger partial charge in [0.1, 0.15) is 5.75 Å². The highest BCUT2D eigenvalue weighted by Gasteiger charge is 2.34. The van der Waals surface area contributed by atoms with Gasteiger partial charge in [-0.3, -0.25) is 14.5 Å². The number of rotatable bonds is 4. The second-order valence-electron chi connectivity index (χ2n) is 4.56. The number of hydrogen-bond donors (Lipinski definition) is 0. The molecule has 4 nitrogen and oxygen atoms in total. The van der Waals surface area contributed by atoms with E-state index in [1.54, 1.807) is 13.2 Å². The van der Waals surface area contributed by atoms with Crippen LogP contribution in [0.1, 0.15) is 24.5 Å². The molecule has 1 aliphatic rings. The lowest BCUT2D eigenvalue weighted by Gasteiger charge is -2.09. The number of benzene rings is 1. The van der Waals surface area contributed by atoms with E-state index in [1.807, 2.05) is 32.0 Å². The van der Waals surface area contributed by atoms with Gasteiger partial charge in [0, 0.05) is 6.54 Å². The van der Waals surface area contributed by atoms with Gasteiger partial charge in [0.2, 0.25) is 0 Å². The van der Waals surface area contributed by atoms with E-state index < -0.39 is 0 Å². The third-order valence-electron chi connectivity index (χ3n) is 3.08. The maximum absolute atomic E-state index is 12.1. The largest absolute Gasteiger partial charge is 0.497 e. The quantitative estimate of drug-likeness (QED) is 0.797. The zero-order valence-corrected chi connectivity index (χ0v) is 12.6. The molecule has 106 valence electrons. The van der Waals surface area contributed by atoms with Crippen LogP contribution in [-0.2, 0) is 4.79 Å². The number of nitrogens with zero attached hydrogens (tertiary/aromatic N) is 1. The van der Waals surface area contributed by atoms with Gasteiger partial charge in [-0.1, -0.05) is 13.0 Å². The Morgan fingerprint density at radius 2 is 2.10 bits per heavy atom. The van der Waals surface area contributed by atoms with Crippen LogP contribution in [0.4, 0.5) is 4.79 Å². The highest BCUT2D eigenvalue weighted by molar-refractivity contribution is 8.18. The van der Waals surface area contributed by atoms with Crippen molar-refractivity contribution in [2.45, 2.75) is 20.3 Å². The van der Waals surface area contributed by atoms with Crippen molar-refractivity contribution in [2.75, 3.05) is 13.7 Å². The molecular weight excluding hydrogens is 274 g/mol. The van der Waals surface area contributed by atoms with E-state index in [1.165, 1.54) is 4.90 Å². The van der Waals surface area contributed by atoms with E-state index in [2.05, 4.69) is 0 Å². The molecule has 1 aromatic rings. The molecule has 1 heterocycles. The molecule has 0 saturated carbocycles. The SMILES string of the molecule is CCCN1C(=O)S/C(=C/c2ccc(OC)cc2C)C1=O. The first-order chi connectivity index (χ1) is 9.56. The van der Waals surface area contributed by atoms with E-state index in [0.29, 0.717) is 11.4 Å². The fraction of sp³-hybridized carbons (Fsp3) is 0.333. The summed E-state index contributed by atoms with van der Waals surface area (Å²) >= 11 is 1.00. The molecule has 0 spiro atoms. The first-order valence-electron chi connectivity index (χ1n) is 6.46. The van der Waals surface area contributed by atoms with Gasteiger partial charge in [-0.15, -0.1) is 0 Å². The van der Waals surface area contributed by atoms with Crippen LogP contribution in [0.25, 0.3) is 6.08 Å². The summed E-state index contributed by atoms with van der Waals surface area (Å²) in [5.74, 6) is 0.579. The topological polar surface area (TPSA) is 46.6 Å². The zero-order valence-electron chi connectivity index (χ0n) is 11.8. The molecule has 1 aliphatic heterocycles. The summed E-state index contributed by atoms with van der Waals surface area (Å²) in [6.07, 6.45) is 2.54. The number of hydrogen-bond acceptors (Lipinski definition) is 4. The van der Waals surface area contributed by atoms with Crippen molar-refractivity contribution in [3.63, 3.8) is 0 Å². The van der Waals surface area contributed by atoms with Crippen molar-refractivity contribution in [1.82, 2.24) is 4.90 Å². The fourth-order valence-electron chi connectivity index (χ4n) is 1.99. The summed E-state index contributed by atoms with van der Waals surface area (Å²) in [5.41, 5.74) is 1.93. The van der Waals surface area contributed by atoms with Gasteiger partial charge < -0.3 is 4.74 Å². The Morgan fingerprint density at radius 3 is 2.70 bits per heavy atom. The molecule has 0 aliphatic carbocycles. The Labute approximate surface area is 122 Å². The molecule has 0 bridgehead atoms. The lowest BCUT2D eigenvalue weighted by atomic mass is 10.1. The van der Waals surface area contributed by atoms with Gasteiger partial charge in [-0.25, -0.2) is 0 Å². The zero-order chi connectivity index (χ0) is 14.7. The minimum atomic E-state index is -0.197. The monoisotopic (exact) mass is 291 g/mol. The first-order valence-corrected chi connectivity index (χ1v) is 7.28. The standard InChI is InChI=1S/C15H17NO3S/c1-4-7-16-14(17)13(20-15(16)18)9-11-5-6-12(19-3)8-10(11)2/h5-6,8-9H,4,7H2,1-3H3/b13-9+. The van der Waals surface area contributed by atoms with Crippen molar-refractivity contribution in [2.24, 2.45) is 0 Å². The average Bonchev–Trinajstić information content (AvgIpc) is 2.69. The van der Waals surface area contributed by atoms with Crippen LogP contribution in [0, 0.1) is 6.92 Å². The molecule has 1 saturated heterocycles. The second kappa shape index (κ2) is 6.13. The van der Waals surface area contributed by atoms with Crippen LogP contribution >= 0.6 is 11.8 Å². The van der Waals surface area contributed by atoms with Crippen LogP contribution in [0.3, 0.4) is 0 Å². The highest BCUT2D eigenvalue weighted by Crippen LogP contribution is 2.33. The number of carbonyl (C=O) groups excluding carboxylic acids is 2. The van der Waals surface area contributed by atoms with Gasteiger partial charge >= 0.3 is 0 Å². The second-order valence-corrected chi connectivity index (χ2v) is 5.55. The Kier molecular flexibility index (Phi) is 4.49. The van der Waals surface area contributed by atoms with E-state index in [4.69, 9.17) is 4.74 Å². The highest BCUT2D eigenvalue weighted by atomic mass is 32.2. The summed E-state index contributed by atoms with van der Waals surface area (Å²) in [4.78, 5) is 25.7. The van der Waals surface area contributed by atoms with Crippen molar-refractivity contribution in [3.05, 3.63) is 34.2 Å². The van der Waals surface area contributed by atoms with Gasteiger partial charge in [0.15, 0.2) is 0 Å². The predicted molar refractivity (Wildman–Crippen MR) is 80.7 cm³/mol. The molecule has 0 unspecified atom stereocenters. The van der Waals surface area contributed by atoms with Gasteiger partial charge in [0.25, 0.3) is 11.1 Å². The molecule has 0 radical (unpaired) electrons. The van der Waals surface area contributed by atoms with Crippen LogP contribution < -0.4 is 4.74 Å². The summed E-state index contributed by atoms with van der Waals surface area (Å²) in [5, 5.41) is -0.186. The summed E-state index contributed by atoms with van der Waals surface area (Å²) in [6.45, 7) is 4.37. The molecular formula is C15H17NO3S. The Hall–Kier alpha value is -1.75. The number of aryl methyl sites for hydroxylation is 1. The lowest BCUT2D eigenvalue weighted by molar-refractivity contribution is -0.122. The van der Waals surface area contributed by atoms with E-state index in [0.717, 1.165) is 35.1 Å². The Bertz CT molecular complexity index is 580. The van der Waals surface area contributed by atoms with Gasteiger partial charge in [-0.05, 0) is 54.4 Å². The maximum atomic E-state index is 12.1. The lowest BCUT2D eigenvalue weighted by Crippen LogP contribution is -2.28. The number of imide groups is 1.